The van der Waals surface area contributed by atoms with Crippen LogP contribution in [0.1, 0.15) is 27.2 Å². The molecule has 4 nitrogen and oxygen atoms in total. The minimum Gasteiger partial charge on any atom is -0.494 e. The predicted molar refractivity (Wildman–Crippen MR) is 88.4 cm³/mol. The molecule has 0 radical (unpaired) electrons. The molecule has 4 heteroatoms. The van der Waals surface area contributed by atoms with E-state index in [0.29, 0.717) is 6.61 Å². The lowest BCUT2D eigenvalue weighted by Gasteiger charge is -2.18. The van der Waals surface area contributed by atoms with Crippen LogP contribution in [0.4, 0.5) is 0 Å². The summed E-state index contributed by atoms with van der Waals surface area (Å²) < 4.78 is 11.2. The van der Waals surface area contributed by atoms with Gasteiger partial charge in [0.1, 0.15) is 18.1 Å². The third-order valence-corrected chi connectivity index (χ3v) is 3.34. The van der Waals surface area contributed by atoms with E-state index in [1.807, 2.05) is 24.3 Å². The van der Waals surface area contributed by atoms with Crippen LogP contribution >= 0.6 is 0 Å². The first kappa shape index (κ1) is 17.8. The summed E-state index contributed by atoms with van der Waals surface area (Å²) in [5.74, 6) is 1.80. The fourth-order valence-electron chi connectivity index (χ4n) is 2.00. The van der Waals surface area contributed by atoms with Crippen LogP contribution in [-0.2, 0) is 0 Å². The molecule has 0 saturated carbocycles. The number of hydrogen-bond acceptors (Lipinski definition) is 4. The monoisotopic (exact) mass is 294 g/mol. The van der Waals surface area contributed by atoms with Crippen LogP contribution in [0.15, 0.2) is 24.3 Å². The van der Waals surface area contributed by atoms with Crippen LogP contribution in [0.25, 0.3) is 0 Å². The second-order valence-electron chi connectivity index (χ2n) is 4.95. The summed E-state index contributed by atoms with van der Waals surface area (Å²) in [6.07, 6.45) is 1.03. The van der Waals surface area contributed by atoms with Crippen molar-refractivity contribution in [2.24, 2.45) is 0 Å². The molecule has 1 aromatic carbocycles. The highest BCUT2D eigenvalue weighted by molar-refractivity contribution is 5.31. The fourth-order valence-corrected chi connectivity index (χ4v) is 2.00. The summed E-state index contributed by atoms with van der Waals surface area (Å²) in [5.41, 5.74) is 0. The van der Waals surface area contributed by atoms with E-state index >= 15 is 0 Å². The number of rotatable bonds is 12. The summed E-state index contributed by atoms with van der Waals surface area (Å²) in [6, 6.07) is 7.83. The fraction of sp³-hybridized carbons (Fsp3) is 0.647. The Balaban J connectivity index is 2.09. The molecular weight excluding hydrogens is 264 g/mol. The molecule has 0 aliphatic carbocycles. The Morgan fingerprint density at radius 2 is 1.43 bits per heavy atom. The lowest BCUT2D eigenvalue weighted by Crippen LogP contribution is -2.33. The maximum Gasteiger partial charge on any atom is 0.119 e. The van der Waals surface area contributed by atoms with Crippen molar-refractivity contribution >= 4 is 0 Å². The lowest BCUT2D eigenvalue weighted by atomic mass is 10.3. The van der Waals surface area contributed by atoms with E-state index < -0.39 is 0 Å². The second-order valence-corrected chi connectivity index (χ2v) is 4.95. The van der Waals surface area contributed by atoms with E-state index in [1.54, 1.807) is 0 Å². The van der Waals surface area contributed by atoms with Gasteiger partial charge in [0, 0.05) is 19.6 Å². The third-order valence-electron chi connectivity index (χ3n) is 3.34. The van der Waals surface area contributed by atoms with E-state index in [2.05, 4.69) is 31.0 Å². The Bertz CT molecular complexity index is 350. The number of nitrogens with zero attached hydrogens (tertiary/aromatic N) is 1. The van der Waals surface area contributed by atoms with Gasteiger partial charge in [-0.1, -0.05) is 20.8 Å². The van der Waals surface area contributed by atoms with Gasteiger partial charge >= 0.3 is 0 Å². The van der Waals surface area contributed by atoms with Gasteiger partial charge in [0.25, 0.3) is 0 Å². The molecule has 0 unspecified atom stereocenters. The van der Waals surface area contributed by atoms with Crippen molar-refractivity contribution in [3.8, 4) is 11.5 Å². The largest absolute Gasteiger partial charge is 0.494 e. The Labute approximate surface area is 129 Å². The molecule has 0 saturated heterocycles. The van der Waals surface area contributed by atoms with Crippen LogP contribution in [-0.4, -0.2) is 50.8 Å². The van der Waals surface area contributed by atoms with Gasteiger partial charge in [-0.2, -0.15) is 0 Å². The topological polar surface area (TPSA) is 33.7 Å². The number of likely N-dealkylation sites (N-methyl/N-ethyl adjacent to an activating group) is 1. The summed E-state index contributed by atoms with van der Waals surface area (Å²) >= 11 is 0. The molecule has 0 fully saturated rings. The molecule has 120 valence electrons. The van der Waals surface area contributed by atoms with Crippen LogP contribution < -0.4 is 14.8 Å². The van der Waals surface area contributed by atoms with Crippen LogP contribution in [0.2, 0.25) is 0 Å². The van der Waals surface area contributed by atoms with Gasteiger partial charge in [-0.3, -0.25) is 0 Å². The molecule has 21 heavy (non-hydrogen) atoms. The molecule has 0 aromatic heterocycles. The Hall–Kier alpha value is -1.26. The number of nitrogens with one attached hydrogen (secondary N) is 1. The number of benzene rings is 1. The van der Waals surface area contributed by atoms with Crippen molar-refractivity contribution < 1.29 is 9.47 Å². The summed E-state index contributed by atoms with van der Waals surface area (Å²) in [5, 5.41) is 3.40. The van der Waals surface area contributed by atoms with E-state index in [-0.39, 0.29) is 0 Å². The van der Waals surface area contributed by atoms with E-state index in [0.717, 1.165) is 57.3 Å². The van der Waals surface area contributed by atoms with Crippen LogP contribution in [0.3, 0.4) is 0 Å². The quantitative estimate of drug-likeness (QED) is 0.601. The zero-order valence-electron chi connectivity index (χ0n) is 13.7. The van der Waals surface area contributed by atoms with E-state index in [4.69, 9.17) is 9.47 Å². The van der Waals surface area contributed by atoms with Crippen molar-refractivity contribution in [2.75, 3.05) is 45.9 Å². The van der Waals surface area contributed by atoms with Gasteiger partial charge in [0.15, 0.2) is 0 Å². The minimum absolute atomic E-state index is 0.688. The van der Waals surface area contributed by atoms with E-state index in [1.165, 1.54) is 0 Å². The molecule has 0 spiro atoms. The van der Waals surface area contributed by atoms with Gasteiger partial charge in [0.05, 0.1) is 6.61 Å². The SMILES string of the molecule is CCCOc1ccc(OCCNCCN(CC)CC)cc1. The minimum atomic E-state index is 0.688. The maximum absolute atomic E-state index is 5.69. The highest BCUT2D eigenvalue weighted by Gasteiger charge is 1.98. The molecule has 0 amide bonds. The maximum atomic E-state index is 5.69. The molecule has 1 rings (SSSR count). The van der Waals surface area contributed by atoms with Gasteiger partial charge in [-0.15, -0.1) is 0 Å². The van der Waals surface area contributed by atoms with Gasteiger partial charge < -0.3 is 19.7 Å². The van der Waals surface area contributed by atoms with Crippen LogP contribution in [0.5, 0.6) is 11.5 Å². The van der Waals surface area contributed by atoms with Crippen molar-refractivity contribution in [1.82, 2.24) is 10.2 Å². The first-order chi connectivity index (χ1) is 10.3. The highest BCUT2D eigenvalue weighted by atomic mass is 16.5. The average Bonchev–Trinajstić information content (AvgIpc) is 2.53. The van der Waals surface area contributed by atoms with Crippen LogP contribution in [0, 0.1) is 0 Å². The zero-order chi connectivity index (χ0) is 15.3. The van der Waals surface area contributed by atoms with Crippen molar-refractivity contribution in [3.63, 3.8) is 0 Å². The Morgan fingerprint density at radius 3 is 1.95 bits per heavy atom. The molecule has 0 aliphatic rings. The molecule has 0 bridgehead atoms. The zero-order valence-corrected chi connectivity index (χ0v) is 13.7. The molecular formula is C17H30N2O2. The summed E-state index contributed by atoms with van der Waals surface area (Å²) in [7, 11) is 0. The van der Waals surface area contributed by atoms with Gasteiger partial charge in [0.2, 0.25) is 0 Å². The van der Waals surface area contributed by atoms with Crippen molar-refractivity contribution in [1.29, 1.82) is 0 Å². The van der Waals surface area contributed by atoms with Crippen molar-refractivity contribution in [2.45, 2.75) is 27.2 Å². The summed E-state index contributed by atoms with van der Waals surface area (Å²) in [6.45, 7) is 13.1. The normalized spacial score (nSPS) is 10.9. The number of hydrogen-bond donors (Lipinski definition) is 1. The summed E-state index contributed by atoms with van der Waals surface area (Å²) in [4.78, 5) is 2.41. The predicted octanol–water partition coefficient (Wildman–Crippen LogP) is 2.79. The molecule has 0 atom stereocenters. The van der Waals surface area contributed by atoms with Gasteiger partial charge in [-0.05, 0) is 43.8 Å². The molecule has 0 aliphatic heterocycles. The Morgan fingerprint density at radius 1 is 0.857 bits per heavy atom. The standard InChI is InChI=1S/C17H30N2O2/c1-4-14-20-16-7-9-17(10-8-16)21-15-12-18-11-13-19(5-2)6-3/h7-10,18H,4-6,11-15H2,1-3H3. The second kappa shape index (κ2) is 11.4. The average molecular weight is 294 g/mol. The smallest absolute Gasteiger partial charge is 0.119 e. The molecule has 0 heterocycles. The first-order valence-corrected chi connectivity index (χ1v) is 8.08. The lowest BCUT2D eigenvalue weighted by molar-refractivity contribution is 0.285. The highest BCUT2D eigenvalue weighted by Crippen LogP contribution is 2.17. The molecule has 1 aromatic rings. The molecule has 1 N–H and O–H groups in total. The number of ether oxygens (including phenoxy) is 2. The van der Waals surface area contributed by atoms with Gasteiger partial charge in [-0.25, -0.2) is 0 Å². The third kappa shape index (κ3) is 7.93. The van der Waals surface area contributed by atoms with Crippen molar-refractivity contribution in [3.05, 3.63) is 24.3 Å². The first-order valence-electron chi connectivity index (χ1n) is 8.08. The van der Waals surface area contributed by atoms with E-state index in [9.17, 15) is 0 Å². The Kier molecular flexibility index (Phi) is 9.66.